The molecule has 0 aliphatic rings. The normalized spacial score (nSPS) is 10.8. The van der Waals surface area contributed by atoms with Crippen LogP contribution in [0.25, 0.3) is 11.5 Å². The summed E-state index contributed by atoms with van der Waals surface area (Å²) in [6.45, 7) is 1.93. The topological polar surface area (TPSA) is 55.1 Å². The molecule has 31 heavy (non-hydrogen) atoms. The number of benzene rings is 3. The van der Waals surface area contributed by atoms with Gasteiger partial charge in [-0.2, -0.15) is 0 Å². The molecule has 0 aliphatic heterocycles. The zero-order valence-corrected chi connectivity index (χ0v) is 18.9. The van der Waals surface area contributed by atoms with Crippen molar-refractivity contribution in [3.8, 4) is 11.5 Å². The van der Waals surface area contributed by atoms with E-state index in [2.05, 4.69) is 22.4 Å². The summed E-state index contributed by atoms with van der Waals surface area (Å²) in [7, 11) is 0. The molecule has 4 rings (SSSR count). The third-order valence-corrected chi connectivity index (χ3v) is 6.48. The molecule has 0 radical (unpaired) electrons. The molecule has 1 heterocycles. The van der Waals surface area contributed by atoms with E-state index in [-0.39, 0.29) is 5.91 Å². The average molecular weight is 447 g/mol. The van der Waals surface area contributed by atoms with E-state index in [1.807, 2.05) is 67.8 Å². The second-order valence-corrected chi connectivity index (χ2v) is 8.82. The minimum atomic E-state index is -0.145. The van der Waals surface area contributed by atoms with Gasteiger partial charge in [0.1, 0.15) is 5.76 Å². The maximum atomic E-state index is 12.6. The molecule has 0 fully saturated rings. The highest BCUT2D eigenvalue weighted by Crippen LogP contribution is 2.28. The average Bonchev–Trinajstić information content (AvgIpc) is 3.19. The van der Waals surface area contributed by atoms with Crippen molar-refractivity contribution in [3.63, 3.8) is 0 Å². The molecule has 0 saturated carbocycles. The van der Waals surface area contributed by atoms with Crippen LogP contribution < -0.4 is 5.32 Å². The molecule has 0 atom stereocenters. The molecule has 3 aromatic carbocycles. The Hall–Kier alpha value is -2.96. The van der Waals surface area contributed by atoms with Crippen LogP contribution in [0.2, 0.25) is 0 Å². The lowest BCUT2D eigenvalue weighted by atomic mass is 10.1. The van der Waals surface area contributed by atoms with Gasteiger partial charge in [0.25, 0.3) is 5.91 Å². The molecule has 6 heteroatoms. The first-order valence-electron chi connectivity index (χ1n) is 9.82. The maximum absolute atomic E-state index is 12.6. The molecule has 0 aliphatic carbocycles. The van der Waals surface area contributed by atoms with Gasteiger partial charge in [0.15, 0.2) is 0 Å². The van der Waals surface area contributed by atoms with Gasteiger partial charge < -0.3 is 9.73 Å². The molecule has 4 aromatic rings. The third-order valence-electron chi connectivity index (χ3n) is 4.73. The molecule has 1 aromatic heterocycles. The van der Waals surface area contributed by atoms with Gasteiger partial charge in [0, 0.05) is 32.4 Å². The van der Waals surface area contributed by atoms with Crippen LogP contribution in [0.3, 0.4) is 0 Å². The summed E-state index contributed by atoms with van der Waals surface area (Å²) in [5, 5.41) is 2.94. The maximum Gasteiger partial charge on any atom is 0.255 e. The van der Waals surface area contributed by atoms with Gasteiger partial charge in [0.2, 0.25) is 5.89 Å². The molecule has 0 unspecified atom stereocenters. The minimum Gasteiger partial charge on any atom is -0.441 e. The molecule has 156 valence electrons. The number of hydrogen-bond acceptors (Lipinski definition) is 5. The van der Waals surface area contributed by atoms with E-state index >= 15 is 0 Å². The van der Waals surface area contributed by atoms with Gasteiger partial charge in [-0.25, -0.2) is 4.98 Å². The number of rotatable bonds is 7. The molecule has 0 saturated heterocycles. The SMILES string of the molecule is CSc1cccc(NC(=O)c2ccc(-c3nc(CSc4ccccc4)c(C)o3)cc2)c1. The van der Waals surface area contributed by atoms with Crippen LogP contribution in [-0.4, -0.2) is 17.1 Å². The van der Waals surface area contributed by atoms with Crippen molar-refractivity contribution in [1.29, 1.82) is 0 Å². The van der Waals surface area contributed by atoms with Crippen molar-refractivity contribution in [1.82, 2.24) is 4.98 Å². The first kappa shape index (κ1) is 21.3. The molecule has 1 N–H and O–H groups in total. The number of aryl methyl sites for hydroxylation is 1. The Bertz CT molecular complexity index is 1170. The Morgan fingerprint density at radius 1 is 0.968 bits per heavy atom. The highest BCUT2D eigenvalue weighted by atomic mass is 32.2. The summed E-state index contributed by atoms with van der Waals surface area (Å²) in [6, 6.07) is 25.3. The first-order chi connectivity index (χ1) is 15.1. The van der Waals surface area contributed by atoms with Crippen LogP contribution in [0.15, 0.2) is 93.1 Å². The standard InChI is InChI=1S/C25H22N2O2S2/c1-17-23(16-31-21-8-4-3-5-9-21)27-25(29-17)19-13-11-18(12-14-19)24(28)26-20-7-6-10-22(15-20)30-2/h3-15H,16H2,1-2H3,(H,26,28). The second-order valence-electron chi connectivity index (χ2n) is 6.89. The number of hydrogen-bond donors (Lipinski definition) is 1. The summed E-state index contributed by atoms with van der Waals surface area (Å²) >= 11 is 3.37. The van der Waals surface area contributed by atoms with Gasteiger partial charge >= 0.3 is 0 Å². The van der Waals surface area contributed by atoms with E-state index in [0.717, 1.165) is 33.4 Å². The minimum absolute atomic E-state index is 0.145. The smallest absolute Gasteiger partial charge is 0.255 e. The number of nitrogens with zero attached hydrogens (tertiary/aromatic N) is 1. The first-order valence-corrected chi connectivity index (χ1v) is 12.0. The molecular formula is C25H22N2O2S2. The number of thioether (sulfide) groups is 2. The number of aromatic nitrogens is 1. The number of nitrogens with one attached hydrogen (secondary N) is 1. The van der Waals surface area contributed by atoms with Crippen molar-refractivity contribution in [2.75, 3.05) is 11.6 Å². The van der Waals surface area contributed by atoms with Crippen molar-refractivity contribution < 1.29 is 9.21 Å². The molecular weight excluding hydrogens is 424 g/mol. The summed E-state index contributed by atoms with van der Waals surface area (Å²) in [5.41, 5.74) is 3.14. The van der Waals surface area contributed by atoms with Crippen molar-refractivity contribution in [3.05, 3.63) is 95.9 Å². The van der Waals surface area contributed by atoms with Crippen LogP contribution in [-0.2, 0) is 5.75 Å². The fourth-order valence-electron chi connectivity index (χ4n) is 3.02. The summed E-state index contributed by atoms with van der Waals surface area (Å²) < 4.78 is 5.88. The quantitative estimate of drug-likeness (QED) is 0.312. The molecule has 0 spiro atoms. The van der Waals surface area contributed by atoms with Crippen LogP contribution in [0.1, 0.15) is 21.8 Å². The van der Waals surface area contributed by atoms with Crippen LogP contribution in [0.5, 0.6) is 0 Å². The van der Waals surface area contributed by atoms with E-state index < -0.39 is 0 Å². The number of oxazole rings is 1. The van der Waals surface area contributed by atoms with E-state index in [4.69, 9.17) is 4.42 Å². The number of carbonyl (C=O) groups excluding carboxylic acids is 1. The van der Waals surface area contributed by atoms with Crippen LogP contribution in [0, 0.1) is 6.92 Å². The predicted octanol–water partition coefficient (Wildman–Crippen LogP) is 6.92. The van der Waals surface area contributed by atoms with Gasteiger partial charge in [-0.15, -0.1) is 23.5 Å². The summed E-state index contributed by atoms with van der Waals surface area (Å²) in [6.07, 6.45) is 2.01. The largest absolute Gasteiger partial charge is 0.441 e. The van der Waals surface area contributed by atoms with Gasteiger partial charge in [-0.3, -0.25) is 4.79 Å². The highest BCUT2D eigenvalue weighted by Gasteiger charge is 2.13. The lowest BCUT2D eigenvalue weighted by Crippen LogP contribution is -2.11. The Morgan fingerprint density at radius 3 is 2.45 bits per heavy atom. The van der Waals surface area contributed by atoms with E-state index in [9.17, 15) is 4.79 Å². The lowest BCUT2D eigenvalue weighted by molar-refractivity contribution is 0.102. The van der Waals surface area contributed by atoms with Gasteiger partial charge in [-0.1, -0.05) is 24.3 Å². The predicted molar refractivity (Wildman–Crippen MR) is 129 cm³/mol. The fraction of sp³-hybridized carbons (Fsp3) is 0.120. The van der Waals surface area contributed by atoms with Crippen LogP contribution in [0.4, 0.5) is 5.69 Å². The fourth-order valence-corrected chi connectivity index (χ4v) is 4.40. The monoisotopic (exact) mass is 446 g/mol. The second kappa shape index (κ2) is 9.90. The molecule has 4 nitrogen and oxygen atoms in total. The lowest BCUT2D eigenvalue weighted by Gasteiger charge is -2.07. The number of amides is 1. The molecule has 1 amide bonds. The van der Waals surface area contributed by atoms with Gasteiger partial charge in [-0.05, 0) is 67.8 Å². The van der Waals surface area contributed by atoms with E-state index in [0.29, 0.717) is 11.5 Å². The summed E-state index contributed by atoms with van der Waals surface area (Å²) in [4.78, 5) is 19.6. The summed E-state index contributed by atoms with van der Waals surface area (Å²) in [5.74, 6) is 1.98. The van der Waals surface area contributed by atoms with Gasteiger partial charge in [0.05, 0.1) is 5.69 Å². The number of carbonyl (C=O) groups is 1. The number of anilines is 1. The molecule has 0 bridgehead atoms. The highest BCUT2D eigenvalue weighted by molar-refractivity contribution is 7.98. The van der Waals surface area contributed by atoms with E-state index in [1.54, 1.807) is 35.7 Å². The van der Waals surface area contributed by atoms with Crippen molar-refractivity contribution in [2.45, 2.75) is 22.5 Å². The Morgan fingerprint density at radius 2 is 1.71 bits per heavy atom. The Labute approximate surface area is 190 Å². The zero-order valence-electron chi connectivity index (χ0n) is 17.3. The van der Waals surface area contributed by atoms with E-state index in [1.165, 1.54) is 4.90 Å². The Kier molecular flexibility index (Phi) is 6.79. The zero-order chi connectivity index (χ0) is 21.6. The Balaban J connectivity index is 1.43. The third kappa shape index (κ3) is 5.40. The van der Waals surface area contributed by atoms with Crippen molar-refractivity contribution >= 4 is 35.1 Å². The van der Waals surface area contributed by atoms with Crippen LogP contribution >= 0.6 is 23.5 Å². The van der Waals surface area contributed by atoms with Crippen molar-refractivity contribution in [2.24, 2.45) is 0 Å².